The Hall–Kier alpha value is -2.93. The molecule has 0 radical (unpaired) electrons. The average molecular weight is 580 g/mol. The Morgan fingerprint density at radius 3 is 1.89 bits per heavy atom. The Morgan fingerprint density at radius 1 is 0.919 bits per heavy atom. The first-order valence-corrected chi connectivity index (χ1v) is 11.8. The van der Waals surface area contributed by atoms with Crippen LogP contribution in [0.25, 0.3) is 0 Å². The summed E-state index contributed by atoms with van der Waals surface area (Å²) < 4.78 is 24.6. The van der Waals surface area contributed by atoms with E-state index in [1.807, 2.05) is 0 Å². The van der Waals surface area contributed by atoms with Crippen LogP contribution in [0.4, 0.5) is 0 Å². The molecule has 5 atom stereocenters. The Bertz CT molecular complexity index is 1100. The molecule has 1 fully saturated rings. The number of carbonyl (C=O) groups is 5. The fourth-order valence-electron chi connectivity index (χ4n) is 3.92. The van der Waals surface area contributed by atoms with Gasteiger partial charge < -0.3 is 23.7 Å². The predicted octanol–water partition coefficient (Wildman–Crippen LogP) is 2.17. The van der Waals surface area contributed by atoms with E-state index in [0.29, 0.717) is 4.90 Å². The Morgan fingerprint density at radius 2 is 1.43 bits per heavy atom. The molecule has 15 heteroatoms. The van der Waals surface area contributed by atoms with E-state index in [4.69, 9.17) is 63.9 Å². The first-order chi connectivity index (χ1) is 17.2. The van der Waals surface area contributed by atoms with Crippen molar-refractivity contribution in [2.45, 2.75) is 55.2 Å². The molecule has 12 nitrogen and oxygen atoms in total. The highest BCUT2D eigenvalue weighted by Gasteiger charge is 2.58. The summed E-state index contributed by atoms with van der Waals surface area (Å²) in [5.41, 5.74) is 0.0747. The first-order valence-electron chi connectivity index (χ1n) is 10.6. The molecule has 1 aromatic carbocycles. The second-order valence-electron chi connectivity index (χ2n) is 7.95. The Balaban J connectivity index is 2.14. The number of esters is 3. The van der Waals surface area contributed by atoms with Gasteiger partial charge in [0, 0.05) is 20.8 Å². The third-order valence-electron chi connectivity index (χ3n) is 5.28. The first kappa shape index (κ1) is 28.6. The Kier molecular flexibility index (Phi) is 8.68. The van der Waals surface area contributed by atoms with Crippen molar-refractivity contribution in [1.82, 2.24) is 4.90 Å². The van der Waals surface area contributed by atoms with E-state index in [1.54, 1.807) is 0 Å². The summed E-state index contributed by atoms with van der Waals surface area (Å²) in [5.74, 6) is -5.01. The predicted molar refractivity (Wildman–Crippen MR) is 126 cm³/mol. The maximum atomic E-state index is 13.3. The third-order valence-corrected chi connectivity index (χ3v) is 5.80. The lowest BCUT2D eigenvalue weighted by molar-refractivity contribution is -0.268. The number of fused-ring (bicyclic) bond motifs is 1. The summed E-state index contributed by atoms with van der Waals surface area (Å²) in [5, 5.41) is 8.01. The molecular weight excluding hydrogens is 559 g/mol. The second-order valence-corrected chi connectivity index (χ2v) is 10.2. The molecule has 2 heterocycles. The normalized spacial score (nSPS) is 25.2. The van der Waals surface area contributed by atoms with Crippen LogP contribution in [-0.4, -0.2) is 81.6 Å². The number of nitrogens with one attached hydrogen (secondary N) is 1. The summed E-state index contributed by atoms with van der Waals surface area (Å²) >= 11 is 17.3. The molecule has 1 N–H and O–H groups in total. The zero-order valence-corrected chi connectivity index (χ0v) is 21.8. The SMILES string of the molecule is CC(=O)OCC1O[C@@H](OC(=N)C(Cl)(Cl)Cl)[C@@H](N2C(=O)c3ccccc3C2=O)C(OC(C)=O)[C@@H]1OC(C)=O. The molecule has 37 heavy (non-hydrogen) atoms. The average Bonchev–Trinajstić information content (AvgIpc) is 3.03. The van der Waals surface area contributed by atoms with Gasteiger partial charge in [-0.25, -0.2) is 0 Å². The summed E-state index contributed by atoms with van der Waals surface area (Å²) in [6, 6.07) is 4.26. The highest BCUT2D eigenvalue weighted by atomic mass is 35.6. The number of rotatable bonds is 6. The molecule has 2 unspecified atom stereocenters. The van der Waals surface area contributed by atoms with Gasteiger partial charge >= 0.3 is 17.9 Å². The van der Waals surface area contributed by atoms with Gasteiger partial charge in [0.2, 0.25) is 12.2 Å². The number of ether oxygens (including phenoxy) is 5. The standard InChI is InChI=1S/C22H21Cl3N2O10/c1-9(28)33-8-14-16(34-10(2)29)17(35-11(3)30)15(20(36-14)37-21(26)22(23,24)25)27-18(31)12-6-4-5-7-13(12)19(27)32/h4-7,14-17,20,26H,8H2,1-3H3/t14?,15-,16+,17?,20-/m0/s1. The molecule has 0 saturated carbocycles. The highest BCUT2D eigenvalue weighted by Crippen LogP contribution is 2.37. The number of hydrogen-bond acceptors (Lipinski definition) is 11. The molecular formula is C22H21Cl3N2O10. The molecule has 0 bridgehead atoms. The summed E-state index contributed by atoms with van der Waals surface area (Å²) in [6.45, 7) is 2.69. The number of imide groups is 1. The quantitative estimate of drug-likeness (QED) is 0.132. The number of halogens is 3. The topological polar surface area (TPSA) is 159 Å². The van der Waals surface area contributed by atoms with Gasteiger partial charge in [-0.05, 0) is 12.1 Å². The lowest BCUT2D eigenvalue weighted by atomic mass is 9.94. The van der Waals surface area contributed by atoms with Crippen LogP contribution in [-0.2, 0) is 38.1 Å². The van der Waals surface area contributed by atoms with Crippen LogP contribution in [0.2, 0.25) is 0 Å². The molecule has 1 aromatic rings. The van der Waals surface area contributed by atoms with Crippen molar-refractivity contribution in [3.8, 4) is 0 Å². The Labute approximate surface area is 225 Å². The van der Waals surface area contributed by atoms with Crippen LogP contribution in [0.5, 0.6) is 0 Å². The van der Waals surface area contributed by atoms with Gasteiger partial charge in [0.15, 0.2) is 12.2 Å². The molecule has 0 aliphatic carbocycles. The van der Waals surface area contributed by atoms with Crippen molar-refractivity contribution in [3.63, 3.8) is 0 Å². The van der Waals surface area contributed by atoms with Gasteiger partial charge in [0.25, 0.3) is 15.6 Å². The maximum Gasteiger partial charge on any atom is 0.303 e. The van der Waals surface area contributed by atoms with Gasteiger partial charge in [-0.3, -0.25) is 34.3 Å². The summed E-state index contributed by atoms with van der Waals surface area (Å²) in [6.07, 6.45) is -6.23. The van der Waals surface area contributed by atoms with E-state index in [0.717, 1.165) is 20.8 Å². The van der Waals surface area contributed by atoms with Crippen LogP contribution in [0, 0.1) is 5.41 Å². The smallest absolute Gasteiger partial charge is 0.303 e. The van der Waals surface area contributed by atoms with E-state index in [2.05, 4.69) is 0 Å². The minimum atomic E-state index is -2.38. The van der Waals surface area contributed by atoms with Crippen molar-refractivity contribution in [3.05, 3.63) is 35.4 Å². The third kappa shape index (κ3) is 6.32. The van der Waals surface area contributed by atoms with Crippen molar-refractivity contribution < 1.29 is 47.7 Å². The minimum absolute atomic E-state index is 0.0374. The highest BCUT2D eigenvalue weighted by molar-refractivity contribution is 6.76. The lowest BCUT2D eigenvalue weighted by Crippen LogP contribution is -2.68. The molecule has 2 aliphatic rings. The number of nitrogens with zero attached hydrogens (tertiary/aromatic N) is 1. The monoisotopic (exact) mass is 578 g/mol. The molecule has 2 amide bonds. The fraction of sp³-hybridized carbons (Fsp3) is 0.455. The molecule has 0 aromatic heterocycles. The fourth-order valence-corrected chi connectivity index (χ4v) is 4.05. The van der Waals surface area contributed by atoms with Crippen LogP contribution in [0.1, 0.15) is 41.5 Å². The van der Waals surface area contributed by atoms with Crippen molar-refractivity contribution in [2.75, 3.05) is 6.61 Å². The second kappa shape index (κ2) is 11.2. The summed E-state index contributed by atoms with van der Waals surface area (Å²) in [4.78, 5) is 62.9. The molecule has 0 spiro atoms. The van der Waals surface area contributed by atoms with Crippen LogP contribution < -0.4 is 0 Å². The van der Waals surface area contributed by atoms with Crippen LogP contribution >= 0.6 is 34.8 Å². The van der Waals surface area contributed by atoms with Crippen LogP contribution in [0.3, 0.4) is 0 Å². The van der Waals surface area contributed by atoms with Gasteiger partial charge in [-0.2, -0.15) is 0 Å². The van der Waals surface area contributed by atoms with Gasteiger partial charge in [0.1, 0.15) is 18.8 Å². The molecule has 2 aliphatic heterocycles. The van der Waals surface area contributed by atoms with E-state index in [-0.39, 0.29) is 11.1 Å². The van der Waals surface area contributed by atoms with E-state index < -0.39 is 76.7 Å². The van der Waals surface area contributed by atoms with E-state index >= 15 is 0 Å². The largest absolute Gasteiger partial charge is 0.463 e. The van der Waals surface area contributed by atoms with Gasteiger partial charge in [-0.1, -0.05) is 46.9 Å². The zero-order chi connectivity index (χ0) is 27.7. The van der Waals surface area contributed by atoms with Gasteiger partial charge in [-0.15, -0.1) is 0 Å². The zero-order valence-electron chi connectivity index (χ0n) is 19.6. The van der Waals surface area contributed by atoms with Crippen molar-refractivity contribution in [2.24, 2.45) is 0 Å². The number of carbonyl (C=O) groups excluding carboxylic acids is 5. The number of alkyl halides is 3. The lowest BCUT2D eigenvalue weighted by Gasteiger charge is -2.47. The molecule has 200 valence electrons. The number of benzene rings is 1. The molecule has 1 saturated heterocycles. The minimum Gasteiger partial charge on any atom is -0.463 e. The van der Waals surface area contributed by atoms with E-state index in [9.17, 15) is 24.0 Å². The van der Waals surface area contributed by atoms with Crippen molar-refractivity contribution >= 4 is 70.4 Å². The molecule has 3 rings (SSSR count). The summed E-state index contributed by atoms with van der Waals surface area (Å²) in [7, 11) is 0. The maximum absolute atomic E-state index is 13.3. The van der Waals surface area contributed by atoms with Gasteiger partial charge in [0.05, 0.1) is 11.1 Å². The number of amides is 2. The number of hydrogen-bond donors (Lipinski definition) is 1. The van der Waals surface area contributed by atoms with E-state index in [1.165, 1.54) is 24.3 Å². The van der Waals surface area contributed by atoms with Crippen molar-refractivity contribution in [1.29, 1.82) is 5.41 Å². The van der Waals surface area contributed by atoms with Crippen LogP contribution in [0.15, 0.2) is 24.3 Å².